The Morgan fingerprint density at radius 3 is 2.73 bits per heavy atom. The maximum absolute atomic E-state index is 5.39. The average molecular weight is 271 g/mol. The van der Waals surface area contributed by atoms with Gasteiger partial charge in [0.2, 0.25) is 0 Å². The fourth-order valence-corrected chi connectivity index (χ4v) is 2.07. The zero-order chi connectivity index (χ0) is 10.9. The number of ether oxygens (including phenoxy) is 1. The standard InChI is InChI=1S/C11H15BrN2O/c1-11(15-2)7-14(8-11)10-4-3-9(5-12)6-13-10/h3-4,6H,5,7-8H2,1-2H3. The van der Waals surface area contributed by atoms with Crippen LogP contribution in [0.4, 0.5) is 5.82 Å². The Morgan fingerprint density at radius 2 is 2.27 bits per heavy atom. The van der Waals surface area contributed by atoms with Crippen LogP contribution in [0.15, 0.2) is 18.3 Å². The second-order valence-electron chi connectivity index (χ2n) is 4.17. The van der Waals surface area contributed by atoms with Crippen LogP contribution >= 0.6 is 15.9 Å². The molecule has 0 aliphatic carbocycles. The molecule has 0 aromatic carbocycles. The third-order valence-electron chi connectivity index (χ3n) is 2.83. The molecule has 0 amide bonds. The number of alkyl halides is 1. The summed E-state index contributed by atoms with van der Waals surface area (Å²) in [6.45, 7) is 3.96. The predicted octanol–water partition coefficient (Wildman–Crippen LogP) is 2.20. The lowest BCUT2D eigenvalue weighted by atomic mass is 9.96. The molecular formula is C11H15BrN2O. The molecule has 1 aromatic heterocycles. The van der Waals surface area contributed by atoms with Crippen molar-refractivity contribution in [3.8, 4) is 0 Å². The molecule has 1 aliphatic rings. The summed E-state index contributed by atoms with van der Waals surface area (Å²) < 4.78 is 5.39. The van der Waals surface area contributed by atoms with Crippen molar-refractivity contribution >= 4 is 21.7 Å². The fourth-order valence-electron chi connectivity index (χ4n) is 1.74. The molecule has 0 bridgehead atoms. The minimum atomic E-state index is 0.00970. The summed E-state index contributed by atoms with van der Waals surface area (Å²) in [6.07, 6.45) is 1.91. The molecule has 15 heavy (non-hydrogen) atoms. The smallest absolute Gasteiger partial charge is 0.128 e. The Kier molecular flexibility index (Phi) is 2.98. The van der Waals surface area contributed by atoms with Gasteiger partial charge < -0.3 is 9.64 Å². The van der Waals surface area contributed by atoms with Gasteiger partial charge in [-0.1, -0.05) is 22.0 Å². The van der Waals surface area contributed by atoms with E-state index in [0.29, 0.717) is 0 Å². The van der Waals surface area contributed by atoms with Gasteiger partial charge in [0, 0.05) is 31.7 Å². The van der Waals surface area contributed by atoms with Crippen molar-refractivity contribution in [2.24, 2.45) is 0 Å². The van der Waals surface area contributed by atoms with E-state index < -0.39 is 0 Å². The number of aromatic nitrogens is 1. The van der Waals surface area contributed by atoms with Crippen molar-refractivity contribution in [1.82, 2.24) is 4.98 Å². The van der Waals surface area contributed by atoms with E-state index in [9.17, 15) is 0 Å². The largest absolute Gasteiger partial charge is 0.375 e. The molecular weight excluding hydrogens is 256 g/mol. The highest BCUT2D eigenvalue weighted by Crippen LogP contribution is 2.28. The summed E-state index contributed by atoms with van der Waals surface area (Å²) >= 11 is 3.41. The number of rotatable bonds is 3. The third kappa shape index (κ3) is 2.16. The quantitative estimate of drug-likeness (QED) is 0.788. The first-order valence-corrected chi connectivity index (χ1v) is 6.10. The fraction of sp³-hybridized carbons (Fsp3) is 0.545. The summed E-state index contributed by atoms with van der Waals surface area (Å²) in [5.41, 5.74) is 1.21. The van der Waals surface area contributed by atoms with E-state index in [1.807, 2.05) is 6.20 Å². The number of halogens is 1. The topological polar surface area (TPSA) is 25.4 Å². The van der Waals surface area contributed by atoms with E-state index in [4.69, 9.17) is 4.74 Å². The molecule has 1 aromatic rings. The van der Waals surface area contributed by atoms with E-state index in [1.54, 1.807) is 7.11 Å². The SMILES string of the molecule is COC1(C)CN(c2ccc(CBr)cn2)C1. The van der Waals surface area contributed by atoms with Crippen LogP contribution in [0.25, 0.3) is 0 Å². The molecule has 0 atom stereocenters. The number of anilines is 1. The van der Waals surface area contributed by atoms with E-state index in [1.165, 1.54) is 5.56 Å². The van der Waals surface area contributed by atoms with Gasteiger partial charge in [0.15, 0.2) is 0 Å². The molecule has 0 saturated carbocycles. The number of pyridine rings is 1. The van der Waals surface area contributed by atoms with Crippen LogP contribution in [0.2, 0.25) is 0 Å². The highest BCUT2D eigenvalue weighted by molar-refractivity contribution is 9.08. The van der Waals surface area contributed by atoms with Gasteiger partial charge in [0.05, 0.1) is 5.60 Å². The molecule has 0 N–H and O–H groups in total. The molecule has 1 aliphatic heterocycles. The van der Waals surface area contributed by atoms with Gasteiger partial charge in [0.25, 0.3) is 0 Å². The number of hydrogen-bond donors (Lipinski definition) is 0. The van der Waals surface area contributed by atoms with Gasteiger partial charge in [-0.25, -0.2) is 4.98 Å². The molecule has 2 heterocycles. The first kappa shape index (κ1) is 10.9. The minimum absolute atomic E-state index is 0.00970. The van der Waals surface area contributed by atoms with Crippen molar-refractivity contribution in [3.05, 3.63) is 23.9 Å². The van der Waals surface area contributed by atoms with Crippen molar-refractivity contribution in [3.63, 3.8) is 0 Å². The second kappa shape index (κ2) is 4.10. The van der Waals surface area contributed by atoms with Crippen molar-refractivity contribution in [2.75, 3.05) is 25.1 Å². The Balaban J connectivity index is 2.01. The summed E-state index contributed by atoms with van der Waals surface area (Å²) in [4.78, 5) is 6.64. The van der Waals surface area contributed by atoms with E-state index >= 15 is 0 Å². The Bertz CT molecular complexity index is 333. The van der Waals surface area contributed by atoms with Crippen LogP contribution in [0.5, 0.6) is 0 Å². The second-order valence-corrected chi connectivity index (χ2v) is 4.73. The molecule has 0 radical (unpaired) electrons. The van der Waals surface area contributed by atoms with Gasteiger partial charge in [-0.05, 0) is 18.6 Å². The minimum Gasteiger partial charge on any atom is -0.375 e. The predicted molar refractivity (Wildman–Crippen MR) is 64.5 cm³/mol. The van der Waals surface area contributed by atoms with E-state index in [-0.39, 0.29) is 5.60 Å². The van der Waals surface area contributed by atoms with Crippen LogP contribution in [0, 0.1) is 0 Å². The van der Waals surface area contributed by atoms with Gasteiger partial charge >= 0.3 is 0 Å². The number of methoxy groups -OCH3 is 1. The summed E-state index contributed by atoms with van der Waals surface area (Å²) in [6, 6.07) is 4.16. The maximum Gasteiger partial charge on any atom is 0.128 e. The maximum atomic E-state index is 5.39. The highest BCUT2D eigenvalue weighted by Gasteiger charge is 2.39. The van der Waals surface area contributed by atoms with Gasteiger partial charge in [0.1, 0.15) is 5.82 Å². The number of nitrogens with zero attached hydrogens (tertiary/aromatic N) is 2. The zero-order valence-electron chi connectivity index (χ0n) is 9.03. The van der Waals surface area contributed by atoms with E-state index in [0.717, 1.165) is 24.2 Å². The molecule has 82 valence electrons. The van der Waals surface area contributed by atoms with Crippen LogP contribution in [-0.2, 0) is 10.1 Å². The highest BCUT2D eigenvalue weighted by atomic mass is 79.9. The summed E-state index contributed by atoms with van der Waals surface area (Å²) in [7, 11) is 1.76. The lowest BCUT2D eigenvalue weighted by Crippen LogP contribution is -2.61. The van der Waals surface area contributed by atoms with Crippen LogP contribution in [0.1, 0.15) is 12.5 Å². The molecule has 3 nitrogen and oxygen atoms in total. The zero-order valence-corrected chi connectivity index (χ0v) is 10.6. The van der Waals surface area contributed by atoms with Crippen LogP contribution < -0.4 is 4.90 Å². The summed E-state index contributed by atoms with van der Waals surface area (Å²) in [5, 5.41) is 0.857. The first-order valence-electron chi connectivity index (χ1n) is 4.98. The Morgan fingerprint density at radius 1 is 1.53 bits per heavy atom. The normalized spacial score (nSPS) is 18.7. The monoisotopic (exact) mass is 270 g/mol. The van der Waals surface area contributed by atoms with Crippen molar-refractivity contribution in [1.29, 1.82) is 0 Å². The number of hydrogen-bond acceptors (Lipinski definition) is 3. The molecule has 4 heteroatoms. The van der Waals surface area contributed by atoms with Crippen molar-refractivity contribution < 1.29 is 4.74 Å². The van der Waals surface area contributed by atoms with Gasteiger partial charge in [-0.3, -0.25) is 0 Å². The molecule has 0 spiro atoms. The average Bonchev–Trinajstić information content (AvgIpc) is 2.25. The molecule has 1 fully saturated rings. The molecule has 0 unspecified atom stereocenters. The Hall–Kier alpha value is -0.610. The molecule has 1 saturated heterocycles. The van der Waals surface area contributed by atoms with Gasteiger partial charge in [-0.2, -0.15) is 0 Å². The van der Waals surface area contributed by atoms with E-state index in [2.05, 4.69) is 44.9 Å². The Labute approximate surface area is 98.6 Å². The lowest BCUT2D eigenvalue weighted by molar-refractivity contribution is -0.0171. The van der Waals surface area contributed by atoms with Crippen LogP contribution in [-0.4, -0.2) is 30.8 Å². The third-order valence-corrected chi connectivity index (χ3v) is 3.48. The summed E-state index contributed by atoms with van der Waals surface area (Å²) in [5.74, 6) is 1.04. The first-order chi connectivity index (χ1) is 7.17. The van der Waals surface area contributed by atoms with Crippen LogP contribution in [0.3, 0.4) is 0 Å². The molecule has 2 rings (SSSR count). The van der Waals surface area contributed by atoms with Crippen molar-refractivity contribution in [2.45, 2.75) is 17.9 Å². The van der Waals surface area contributed by atoms with Gasteiger partial charge in [-0.15, -0.1) is 0 Å². The lowest BCUT2D eigenvalue weighted by Gasteiger charge is -2.47.